The molecule has 1 aliphatic rings. The SMILES string of the molecule is C=C(C)[C@H](NC(=O)c1cc(C2CC2)c(COc2cc(Cl)cc(OC(F)(F)F)c2)cc1F)C(=O)O. The molecule has 1 amide bonds. The fraction of sp³-hybridized carbons (Fsp3) is 0.304. The quantitative estimate of drug-likeness (QED) is 0.345. The monoisotopic (exact) mass is 501 g/mol. The van der Waals surface area contributed by atoms with Crippen LogP contribution in [0.3, 0.4) is 0 Å². The maximum Gasteiger partial charge on any atom is 0.573 e. The Labute approximate surface area is 197 Å². The van der Waals surface area contributed by atoms with E-state index in [9.17, 15) is 32.3 Å². The number of aliphatic carboxylic acids is 1. The van der Waals surface area contributed by atoms with Gasteiger partial charge in [0.05, 0.1) is 5.56 Å². The predicted octanol–water partition coefficient (Wildman–Crippen LogP) is 5.59. The third-order valence-electron chi connectivity index (χ3n) is 4.98. The molecule has 11 heteroatoms. The van der Waals surface area contributed by atoms with Crippen LogP contribution in [-0.4, -0.2) is 29.4 Å². The summed E-state index contributed by atoms with van der Waals surface area (Å²) in [5.74, 6) is -3.69. The van der Waals surface area contributed by atoms with Gasteiger partial charge in [0.15, 0.2) is 0 Å². The zero-order valence-electron chi connectivity index (χ0n) is 17.8. The molecule has 0 unspecified atom stereocenters. The van der Waals surface area contributed by atoms with E-state index in [0.29, 0.717) is 11.1 Å². The number of rotatable bonds is 9. The van der Waals surface area contributed by atoms with Crippen LogP contribution < -0.4 is 14.8 Å². The maximum atomic E-state index is 14.8. The van der Waals surface area contributed by atoms with Crippen LogP contribution in [0.1, 0.15) is 47.2 Å². The second-order valence-corrected chi connectivity index (χ2v) is 8.29. The van der Waals surface area contributed by atoms with Crippen molar-refractivity contribution in [3.8, 4) is 11.5 Å². The van der Waals surface area contributed by atoms with Crippen LogP contribution in [0, 0.1) is 5.82 Å². The topological polar surface area (TPSA) is 84.9 Å². The Morgan fingerprint density at radius 1 is 1.21 bits per heavy atom. The van der Waals surface area contributed by atoms with Gasteiger partial charge in [-0.1, -0.05) is 18.2 Å². The van der Waals surface area contributed by atoms with Crippen molar-refractivity contribution in [3.63, 3.8) is 0 Å². The van der Waals surface area contributed by atoms with E-state index in [1.54, 1.807) is 0 Å². The third kappa shape index (κ3) is 6.63. The van der Waals surface area contributed by atoms with Gasteiger partial charge in [-0.05, 0) is 66.6 Å². The lowest BCUT2D eigenvalue weighted by molar-refractivity contribution is -0.274. The molecule has 0 saturated heterocycles. The summed E-state index contributed by atoms with van der Waals surface area (Å²) in [4.78, 5) is 23.9. The summed E-state index contributed by atoms with van der Waals surface area (Å²) in [5, 5.41) is 11.4. The van der Waals surface area contributed by atoms with Crippen LogP contribution in [0.4, 0.5) is 17.6 Å². The van der Waals surface area contributed by atoms with Crippen LogP contribution in [0.2, 0.25) is 5.02 Å². The average molecular weight is 502 g/mol. The van der Waals surface area contributed by atoms with Crippen LogP contribution >= 0.6 is 11.6 Å². The van der Waals surface area contributed by atoms with Crippen LogP contribution in [0.15, 0.2) is 42.5 Å². The smallest absolute Gasteiger partial charge is 0.489 e. The van der Waals surface area contributed by atoms with Gasteiger partial charge >= 0.3 is 12.3 Å². The molecule has 1 aliphatic carbocycles. The van der Waals surface area contributed by atoms with E-state index in [2.05, 4.69) is 16.6 Å². The summed E-state index contributed by atoms with van der Waals surface area (Å²) < 4.78 is 61.7. The number of hydrogen-bond donors (Lipinski definition) is 2. The van der Waals surface area contributed by atoms with Crippen molar-refractivity contribution < 1.29 is 41.7 Å². The van der Waals surface area contributed by atoms with Crippen LogP contribution in [0.5, 0.6) is 11.5 Å². The first-order chi connectivity index (χ1) is 15.8. The second kappa shape index (κ2) is 9.92. The number of ether oxygens (including phenoxy) is 2. The Balaban J connectivity index is 1.83. The van der Waals surface area contributed by atoms with Crippen LogP contribution in [-0.2, 0) is 11.4 Å². The molecule has 2 aromatic carbocycles. The summed E-state index contributed by atoms with van der Waals surface area (Å²) in [5.41, 5.74) is 0.859. The summed E-state index contributed by atoms with van der Waals surface area (Å²) in [6, 6.07) is 4.31. The van der Waals surface area contributed by atoms with Gasteiger partial charge in [0.25, 0.3) is 5.91 Å². The number of halogens is 5. The van der Waals surface area contributed by atoms with Crippen molar-refractivity contribution in [2.75, 3.05) is 0 Å². The van der Waals surface area contributed by atoms with E-state index in [0.717, 1.165) is 31.0 Å². The lowest BCUT2D eigenvalue weighted by Gasteiger charge is -2.17. The second-order valence-electron chi connectivity index (χ2n) is 7.86. The van der Waals surface area contributed by atoms with Gasteiger partial charge in [0, 0.05) is 11.1 Å². The molecule has 34 heavy (non-hydrogen) atoms. The first-order valence-electron chi connectivity index (χ1n) is 10.0. The number of amides is 1. The molecule has 0 heterocycles. The normalized spacial score (nSPS) is 14.3. The molecule has 1 fully saturated rings. The molecular formula is C23H20ClF4NO5. The van der Waals surface area contributed by atoms with E-state index in [1.165, 1.54) is 19.1 Å². The molecule has 2 aromatic rings. The number of carboxylic acids is 1. The Kier molecular flexibility index (Phi) is 7.40. The summed E-state index contributed by atoms with van der Waals surface area (Å²) >= 11 is 5.84. The minimum Gasteiger partial charge on any atom is -0.489 e. The van der Waals surface area contributed by atoms with Crippen molar-refractivity contribution in [1.29, 1.82) is 0 Å². The molecule has 3 rings (SSSR count). The van der Waals surface area contributed by atoms with Crippen molar-refractivity contribution in [3.05, 3.63) is 70.0 Å². The van der Waals surface area contributed by atoms with Gasteiger partial charge in [-0.15, -0.1) is 13.2 Å². The van der Waals surface area contributed by atoms with Crippen LogP contribution in [0.25, 0.3) is 0 Å². The van der Waals surface area contributed by atoms with E-state index >= 15 is 0 Å². The van der Waals surface area contributed by atoms with Crippen molar-refractivity contribution in [1.82, 2.24) is 5.32 Å². The van der Waals surface area contributed by atoms with E-state index in [4.69, 9.17) is 16.3 Å². The first kappa shape index (κ1) is 25.4. The predicted molar refractivity (Wildman–Crippen MR) is 115 cm³/mol. The summed E-state index contributed by atoms with van der Waals surface area (Å²) in [7, 11) is 0. The highest BCUT2D eigenvalue weighted by atomic mass is 35.5. The molecule has 1 atom stereocenters. The molecule has 0 spiro atoms. The van der Waals surface area contributed by atoms with Gasteiger partial charge < -0.3 is 19.9 Å². The van der Waals surface area contributed by atoms with Gasteiger partial charge in [-0.2, -0.15) is 0 Å². The highest BCUT2D eigenvalue weighted by Gasteiger charge is 2.32. The van der Waals surface area contributed by atoms with E-state index in [-0.39, 0.29) is 34.4 Å². The van der Waals surface area contributed by atoms with Gasteiger partial charge in [0.2, 0.25) is 0 Å². The minimum atomic E-state index is -4.91. The lowest BCUT2D eigenvalue weighted by Crippen LogP contribution is -2.41. The Hall–Kier alpha value is -3.27. The largest absolute Gasteiger partial charge is 0.573 e. The summed E-state index contributed by atoms with van der Waals surface area (Å²) in [6.45, 7) is 4.73. The Bertz CT molecular complexity index is 1120. The zero-order valence-corrected chi connectivity index (χ0v) is 18.6. The van der Waals surface area contributed by atoms with Crippen molar-refractivity contribution >= 4 is 23.5 Å². The van der Waals surface area contributed by atoms with Gasteiger partial charge in [-0.3, -0.25) is 4.79 Å². The Morgan fingerprint density at radius 3 is 2.41 bits per heavy atom. The number of carbonyl (C=O) groups is 2. The molecule has 0 aromatic heterocycles. The van der Waals surface area contributed by atoms with E-state index in [1.807, 2.05) is 0 Å². The first-order valence-corrected chi connectivity index (χ1v) is 10.4. The molecule has 1 saturated carbocycles. The number of hydrogen-bond acceptors (Lipinski definition) is 4. The average Bonchev–Trinajstić information content (AvgIpc) is 3.53. The molecule has 6 nitrogen and oxygen atoms in total. The fourth-order valence-corrected chi connectivity index (χ4v) is 3.50. The number of carboxylic acid groups (broad SMARTS) is 1. The Morgan fingerprint density at radius 2 is 1.85 bits per heavy atom. The molecule has 182 valence electrons. The lowest BCUT2D eigenvalue weighted by atomic mass is 9.99. The van der Waals surface area contributed by atoms with Crippen molar-refractivity contribution in [2.24, 2.45) is 0 Å². The standard InChI is InChI=1S/C23H20ClF4NO5/c1-11(2)20(22(31)32)29-21(30)18-9-17(12-3-4-12)13(5-19(18)25)10-33-15-6-14(24)7-16(8-15)34-23(26,27)28/h5-9,12,20H,1,3-4,10H2,2H3,(H,29,30)(H,31,32)/t20-/m0/s1. The molecule has 0 aliphatic heterocycles. The number of benzene rings is 2. The summed E-state index contributed by atoms with van der Waals surface area (Å²) in [6.07, 6.45) is -3.32. The number of nitrogens with one attached hydrogen (secondary N) is 1. The van der Waals surface area contributed by atoms with Gasteiger partial charge in [-0.25, -0.2) is 9.18 Å². The van der Waals surface area contributed by atoms with Crippen molar-refractivity contribution in [2.45, 2.75) is 44.7 Å². The number of alkyl halides is 3. The minimum absolute atomic E-state index is 0.0264. The highest BCUT2D eigenvalue weighted by molar-refractivity contribution is 6.30. The van der Waals surface area contributed by atoms with E-state index < -0.39 is 35.8 Å². The molecule has 0 bridgehead atoms. The number of carbonyl (C=O) groups excluding carboxylic acids is 1. The highest BCUT2D eigenvalue weighted by Crippen LogP contribution is 2.43. The third-order valence-corrected chi connectivity index (χ3v) is 5.20. The zero-order chi connectivity index (χ0) is 25.2. The maximum absolute atomic E-state index is 14.8. The van der Waals surface area contributed by atoms with Gasteiger partial charge in [0.1, 0.15) is 30.0 Å². The fourth-order valence-electron chi connectivity index (χ4n) is 3.28. The molecule has 0 radical (unpaired) electrons. The molecule has 2 N–H and O–H groups in total. The molecular weight excluding hydrogens is 482 g/mol.